The maximum absolute atomic E-state index is 10.6. The smallest absolute Gasteiger partial charge is 0.337 e. The van der Waals surface area contributed by atoms with Crippen LogP contribution in [0, 0.1) is 0 Å². The van der Waals surface area contributed by atoms with Crippen molar-refractivity contribution in [1.82, 2.24) is 0 Å². The quantitative estimate of drug-likeness (QED) is 0.813. The van der Waals surface area contributed by atoms with Gasteiger partial charge in [-0.25, -0.2) is 4.79 Å². The van der Waals surface area contributed by atoms with Gasteiger partial charge in [-0.2, -0.15) is 0 Å². The number of methoxy groups -OCH3 is 1. The number of hydrogen-bond donors (Lipinski definition) is 2. The molecule has 1 aliphatic carbocycles. The summed E-state index contributed by atoms with van der Waals surface area (Å²) in [6.07, 6.45) is 0.816. The molecule has 1 saturated carbocycles. The molecule has 86 valence electrons. The number of carbonyl (C=O) groups is 1. The van der Waals surface area contributed by atoms with Gasteiger partial charge in [-0.15, -0.1) is 0 Å². The van der Waals surface area contributed by atoms with E-state index in [0.717, 1.165) is 18.4 Å². The Labute approximate surface area is 93.5 Å². The van der Waals surface area contributed by atoms with Crippen molar-refractivity contribution in [2.24, 2.45) is 0 Å². The van der Waals surface area contributed by atoms with Crippen molar-refractivity contribution in [3.8, 4) is 5.75 Å². The lowest BCUT2D eigenvalue weighted by Gasteiger charge is -2.11. The number of aliphatic carboxylic acids is 1. The van der Waals surface area contributed by atoms with E-state index in [9.17, 15) is 9.90 Å². The minimum Gasteiger partial charge on any atom is -0.496 e. The standard InChI is InChI=1S/C12H14O4/c1-16-10-6-8(11(13)12(14)15)4-5-9(10)7-2-3-7/h4-7,11,13H,2-3H2,1H3,(H,14,15). The van der Waals surface area contributed by atoms with E-state index in [1.165, 1.54) is 0 Å². The molecule has 2 N–H and O–H groups in total. The van der Waals surface area contributed by atoms with E-state index in [-0.39, 0.29) is 0 Å². The van der Waals surface area contributed by atoms with Crippen LogP contribution in [-0.2, 0) is 4.79 Å². The number of benzene rings is 1. The Hall–Kier alpha value is -1.55. The fourth-order valence-corrected chi connectivity index (χ4v) is 1.77. The van der Waals surface area contributed by atoms with Crippen LogP contribution < -0.4 is 4.74 Å². The molecule has 16 heavy (non-hydrogen) atoms. The number of rotatable bonds is 4. The van der Waals surface area contributed by atoms with E-state index in [1.807, 2.05) is 6.07 Å². The molecule has 0 aromatic heterocycles. The van der Waals surface area contributed by atoms with Crippen molar-refractivity contribution in [2.75, 3.05) is 7.11 Å². The molecule has 0 aliphatic heterocycles. The van der Waals surface area contributed by atoms with E-state index in [0.29, 0.717) is 17.2 Å². The Balaban J connectivity index is 2.32. The molecule has 0 radical (unpaired) electrons. The topological polar surface area (TPSA) is 66.8 Å². The Bertz CT molecular complexity index is 409. The van der Waals surface area contributed by atoms with E-state index in [2.05, 4.69) is 0 Å². The molecule has 1 unspecified atom stereocenters. The first-order valence-electron chi connectivity index (χ1n) is 5.22. The normalized spacial score (nSPS) is 16.9. The number of aliphatic hydroxyl groups excluding tert-OH is 1. The van der Waals surface area contributed by atoms with E-state index in [4.69, 9.17) is 9.84 Å². The summed E-state index contributed by atoms with van der Waals surface area (Å²) >= 11 is 0. The molecule has 1 fully saturated rings. The first-order valence-corrected chi connectivity index (χ1v) is 5.22. The molecular weight excluding hydrogens is 208 g/mol. The molecule has 0 bridgehead atoms. The SMILES string of the molecule is COc1cc(C(O)C(=O)O)ccc1C1CC1. The highest BCUT2D eigenvalue weighted by Crippen LogP contribution is 2.44. The Kier molecular flexibility index (Phi) is 2.83. The molecule has 0 spiro atoms. The van der Waals surface area contributed by atoms with Crippen LogP contribution in [0.25, 0.3) is 0 Å². The fourth-order valence-electron chi connectivity index (χ4n) is 1.77. The molecule has 1 aliphatic rings. The molecule has 1 atom stereocenters. The van der Waals surface area contributed by atoms with Crippen LogP contribution in [0.15, 0.2) is 18.2 Å². The summed E-state index contributed by atoms with van der Waals surface area (Å²) in [4.78, 5) is 10.6. The molecule has 1 aromatic carbocycles. The fraction of sp³-hybridized carbons (Fsp3) is 0.417. The maximum Gasteiger partial charge on any atom is 0.337 e. The lowest BCUT2D eigenvalue weighted by Crippen LogP contribution is -2.10. The molecule has 1 aromatic rings. The van der Waals surface area contributed by atoms with Crippen LogP contribution in [0.5, 0.6) is 5.75 Å². The summed E-state index contributed by atoms with van der Waals surface area (Å²) in [6, 6.07) is 5.10. The Morgan fingerprint density at radius 3 is 2.69 bits per heavy atom. The van der Waals surface area contributed by atoms with Crippen LogP contribution in [0.1, 0.15) is 36.0 Å². The Morgan fingerprint density at radius 1 is 1.50 bits per heavy atom. The third-order valence-electron chi connectivity index (χ3n) is 2.82. The van der Waals surface area contributed by atoms with Gasteiger partial charge in [-0.3, -0.25) is 0 Å². The van der Waals surface area contributed by atoms with Gasteiger partial charge < -0.3 is 14.9 Å². The first kappa shape index (κ1) is 11.0. The average molecular weight is 222 g/mol. The molecule has 0 amide bonds. The average Bonchev–Trinajstić information content (AvgIpc) is 3.11. The van der Waals surface area contributed by atoms with Crippen LogP contribution in [0.2, 0.25) is 0 Å². The van der Waals surface area contributed by atoms with E-state index in [1.54, 1.807) is 19.2 Å². The van der Waals surface area contributed by atoms with Crippen molar-refractivity contribution in [2.45, 2.75) is 24.9 Å². The summed E-state index contributed by atoms with van der Waals surface area (Å²) in [5.41, 5.74) is 1.46. The zero-order valence-electron chi connectivity index (χ0n) is 9.01. The van der Waals surface area contributed by atoms with Gasteiger partial charge in [0.1, 0.15) is 5.75 Å². The minimum atomic E-state index is -1.48. The largest absolute Gasteiger partial charge is 0.496 e. The van der Waals surface area contributed by atoms with Crippen LogP contribution in [-0.4, -0.2) is 23.3 Å². The van der Waals surface area contributed by atoms with Gasteiger partial charge in [-0.05, 0) is 36.0 Å². The van der Waals surface area contributed by atoms with Gasteiger partial charge >= 0.3 is 5.97 Å². The maximum atomic E-state index is 10.6. The minimum absolute atomic E-state index is 0.355. The lowest BCUT2D eigenvalue weighted by atomic mass is 10.0. The predicted octanol–water partition coefficient (Wildman–Crippen LogP) is 1.69. The van der Waals surface area contributed by atoms with Crippen LogP contribution in [0.3, 0.4) is 0 Å². The molecule has 4 heteroatoms. The zero-order valence-corrected chi connectivity index (χ0v) is 9.01. The first-order chi connectivity index (χ1) is 7.63. The number of hydrogen-bond acceptors (Lipinski definition) is 3. The molecule has 2 rings (SSSR count). The van der Waals surface area contributed by atoms with Gasteiger partial charge in [0.15, 0.2) is 6.10 Å². The van der Waals surface area contributed by atoms with Gasteiger partial charge in [0, 0.05) is 0 Å². The third-order valence-corrected chi connectivity index (χ3v) is 2.82. The van der Waals surface area contributed by atoms with Crippen molar-refractivity contribution < 1.29 is 19.7 Å². The van der Waals surface area contributed by atoms with Crippen molar-refractivity contribution >= 4 is 5.97 Å². The van der Waals surface area contributed by atoms with E-state index >= 15 is 0 Å². The van der Waals surface area contributed by atoms with Crippen LogP contribution >= 0.6 is 0 Å². The molecule has 0 heterocycles. The summed E-state index contributed by atoms with van der Waals surface area (Å²) in [5.74, 6) is -0.0486. The highest BCUT2D eigenvalue weighted by Gasteiger charge is 2.27. The second-order valence-electron chi connectivity index (χ2n) is 4.02. The monoisotopic (exact) mass is 222 g/mol. The predicted molar refractivity (Wildman–Crippen MR) is 57.6 cm³/mol. The highest BCUT2D eigenvalue weighted by molar-refractivity contribution is 5.74. The number of carboxylic acids is 1. The summed E-state index contributed by atoms with van der Waals surface area (Å²) < 4.78 is 5.21. The molecular formula is C12H14O4. The second kappa shape index (κ2) is 4.14. The summed E-state index contributed by atoms with van der Waals surface area (Å²) in [5, 5.41) is 18.1. The Morgan fingerprint density at radius 2 is 2.19 bits per heavy atom. The second-order valence-corrected chi connectivity index (χ2v) is 4.02. The van der Waals surface area contributed by atoms with Gasteiger partial charge in [0.25, 0.3) is 0 Å². The third kappa shape index (κ3) is 2.02. The molecule has 4 nitrogen and oxygen atoms in total. The van der Waals surface area contributed by atoms with Crippen molar-refractivity contribution in [3.63, 3.8) is 0 Å². The number of ether oxygens (including phenoxy) is 1. The summed E-state index contributed by atoms with van der Waals surface area (Å²) in [7, 11) is 1.55. The van der Waals surface area contributed by atoms with E-state index < -0.39 is 12.1 Å². The van der Waals surface area contributed by atoms with Crippen molar-refractivity contribution in [3.05, 3.63) is 29.3 Å². The van der Waals surface area contributed by atoms with Crippen LogP contribution in [0.4, 0.5) is 0 Å². The van der Waals surface area contributed by atoms with Gasteiger partial charge in [-0.1, -0.05) is 12.1 Å². The highest BCUT2D eigenvalue weighted by atomic mass is 16.5. The van der Waals surface area contributed by atoms with Gasteiger partial charge in [0.05, 0.1) is 7.11 Å². The van der Waals surface area contributed by atoms with Crippen molar-refractivity contribution in [1.29, 1.82) is 0 Å². The summed E-state index contributed by atoms with van der Waals surface area (Å²) in [6.45, 7) is 0. The number of carboxylic acid groups (broad SMARTS) is 1. The number of aliphatic hydroxyl groups is 1. The zero-order chi connectivity index (χ0) is 11.7. The van der Waals surface area contributed by atoms with Gasteiger partial charge in [0.2, 0.25) is 0 Å². The molecule has 0 saturated heterocycles. The lowest BCUT2D eigenvalue weighted by molar-refractivity contribution is -0.146.